The predicted octanol–water partition coefficient (Wildman–Crippen LogP) is 4.65. The minimum absolute atomic E-state index is 0.259. The van der Waals surface area contributed by atoms with E-state index in [1.54, 1.807) is 12.1 Å². The van der Waals surface area contributed by atoms with E-state index in [9.17, 15) is 13.2 Å². The average Bonchev–Trinajstić information content (AvgIpc) is 2.41. The number of hydrogen-bond donors (Lipinski definition) is 1. The Hall–Kier alpha value is -1.72. The number of hydrogen-bond acceptors (Lipinski definition) is 2. The molecule has 0 spiro atoms. The monoisotopic (exact) mass is 315 g/mol. The third-order valence-corrected chi connectivity index (χ3v) is 3.09. The van der Waals surface area contributed by atoms with Crippen molar-refractivity contribution in [3.63, 3.8) is 0 Å². The third kappa shape index (κ3) is 3.89. The molecule has 2 aromatic rings. The van der Waals surface area contributed by atoms with Gasteiger partial charge < -0.3 is 10.5 Å². The Balaban J connectivity index is 2.41. The molecule has 6 heteroatoms. The molecule has 2 N–H and O–H groups in total. The molecule has 2 rings (SSSR count). The number of benzene rings is 2. The maximum Gasteiger partial charge on any atom is 0.419 e. The van der Waals surface area contributed by atoms with Crippen LogP contribution in [0.15, 0.2) is 42.5 Å². The summed E-state index contributed by atoms with van der Waals surface area (Å²) in [5, 5.41) is 0.385. The minimum Gasteiger partial charge on any atom is -0.456 e. The van der Waals surface area contributed by atoms with E-state index in [4.69, 9.17) is 22.1 Å². The molecule has 0 aliphatic carbocycles. The van der Waals surface area contributed by atoms with Gasteiger partial charge in [-0.3, -0.25) is 0 Å². The van der Waals surface area contributed by atoms with Crippen molar-refractivity contribution in [1.82, 2.24) is 0 Å². The van der Waals surface area contributed by atoms with Crippen molar-refractivity contribution in [1.29, 1.82) is 0 Å². The maximum absolute atomic E-state index is 13.0. The summed E-state index contributed by atoms with van der Waals surface area (Å²) in [5.41, 5.74) is 5.37. The van der Waals surface area contributed by atoms with Gasteiger partial charge in [-0.25, -0.2) is 0 Å². The smallest absolute Gasteiger partial charge is 0.419 e. The van der Waals surface area contributed by atoms with E-state index < -0.39 is 11.7 Å². The number of alkyl halides is 3. The van der Waals surface area contributed by atoms with E-state index in [1.807, 2.05) is 0 Å². The summed E-state index contributed by atoms with van der Waals surface area (Å²) in [4.78, 5) is 0. The predicted molar refractivity (Wildman–Crippen MR) is 75.7 cm³/mol. The van der Waals surface area contributed by atoms with Crippen LogP contribution in [0.2, 0.25) is 5.02 Å². The summed E-state index contributed by atoms with van der Waals surface area (Å²) in [6, 6.07) is 9.88. The fraction of sp³-hybridized carbons (Fsp3) is 0.200. The first-order valence-corrected chi connectivity index (χ1v) is 6.62. The van der Waals surface area contributed by atoms with E-state index in [0.29, 0.717) is 23.6 Å². The molecule has 0 saturated heterocycles. The molecule has 0 fully saturated rings. The first-order valence-electron chi connectivity index (χ1n) is 6.24. The van der Waals surface area contributed by atoms with Crippen LogP contribution in [0.5, 0.6) is 11.5 Å². The number of rotatable bonds is 4. The first kappa shape index (κ1) is 15.7. The van der Waals surface area contributed by atoms with Crippen LogP contribution in [-0.2, 0) is 12.6 Å². The lowest BCUT2D eigenvalue weighted by Gasteiger charge is -2.15. The molecule has 0 aliphatic heterocycles. The van der Waals surface area contributed by atoms with Gasteiger partial charge in [0.1, 0.15) is 11.5 Å². The van der Waals surface area contributed by atoms with Crippen LogP contribution < -0.4 is 10.5 Å². The molecule has 0 aromatic heterocycles. The normalized spacial score (nSPS) is 11.5. The van der Waals surface area contributed by atoms with Gasteiger partial charge in [0.2, 0.25) is 0 Å². The highest BCUT2D eigenvalue weighted by molar-refractivity contribution is 6.30. The molecule has 0 atom stereocenters. The summed E-state index contributed by atoms with van der Waals surface area (Å²) in [5.74, 6) is 0.0233. The second-order valence-electron chi connectivity index (χ2n) is 4.39. The Morgan fingerprint density at radius 1 is 1.05 bits per heavy atom. The molecule has 2 nitrogen and oxygen atoms in total. The summed E-state index contributed by atoms with van der Waals surface area (Å²) in [7, 11) is 0. The van der Waals surface area contributed by atoms with Crippen molar-refractivity contribution in [2.45, 2.75) is 12.6 Å². The Labute approximate surface area is 125 Å². The molecule has 0 unspecified atom stereocenters. The maximum atomic E-state index is 13.0. The molecule has 0 bridgehead atoms. The van der Waals surface area contributed by atoms with Crippen LogP contribution in [0, 0.1) is 0 Å². The van der Waals surface area contributed by atoms with Crippen molar-refractivity contribution < 1.29 is 17.9 Å². The van der Waals surface area contributed by atoms with E-state index in [-0.39, 0.29) is 11.5 Å². The molecule has 112 valence electrons. The quantitative estimate of drug-likeness (QED) is 0.891. The highest BCUT2D eigenvalue weighted by Gasteiger charge is 2.34. The molecule has 0 radical (unpaired) electrons. The van der Waals surface area contributed by atoms with Crippen molar-refractivity contribution in [3.8, 4) is 11.5 Å². The van der Waals surface area contributed by atoms with Crippen LogP contribution in [0.3, 0.4) is 0 Å². The van der Waals surface area contributed by atoms with Crippen molar-refractivity contribution in [2.75, 3.05) is 6.54 Å². The van der Waals surface area contributed by atoms with Crippen LogP contribution in [-0.4, -0.2) is 6.54 Å². The van der Waals surface area contributed by atoms with Crippen molar-refractivity contribution in [2.24, 2.45) is 5.73 Å². The Morgan fingerprint density at radius 3 is 2.43 bits per heavy atom. The summed E-state index contributed by atoms with van der Waals surface area (Å²) in [6.45, 7) is 0.360. The summed E-state index contributed by atoms with van der Waals surface area (Å²) >= 11 is 5.88. The average molecular weight is 316 g/mol. The van der Waals surface area contributed by atoms with Crippen molar-refractivity contribution in [3.05, 3.63) is 58.6 Å². The number of nitrogens with two attached hydrogens (primary N) is 1. The zero-order valence-electron chi connectivity index (χ0n) is 11.0. The zero-order valence-corrected chi connectivity index (χ0v) is 11.7. The van der Waals surface area contributed by atoms with Gasteiger partial charge in [-0.1, -0.05) is 29.8 Å². The van der Waals surface area contributed by atoms with Crippen LogP contribution in [0.4, 0.5) is 13.2 Å². The molecule has 0 heterocycles. The van der Waals surface area contributed by atoms with Gasteiger partial charge >= 0.3 is 6.18 Å². The molecule has 21 heavy (non-hydrogen) atoms. The van der Waals surface area contributed by atoms with Gasteiger partial charge in [-0.05, 0) is 42.8 Å². The second kappa shape index (κ2) is 6.37. The van der Waals surface area contributed by atoms with Gasteiger partial charge in [0.05, 0.1) is 5.56 Å². The second-order valence-corrected chi connectivity index (χ2v) is 4.82. The van der Waals surface area contributed by atoms with Crippen molar-refractivity contribution >= 4 is 11.6 Å². The van der Waals surface area contributed by atoms with E-state index in [2.05, 4.69) is 0 Å². The number of ether oxygens (including phenoxy) is 1. The van der Waals surface area contributed by atoms with Gasteiger partial charge in [-0.2, -0.15) is 13.2 Å². The molecular weight excluding hydrogens is 303 g/mol. The van der Waals surface area contributed by atoms with Gasteiger partial charge in [-0.15, -0.1) is 0 Å². The highest BCUT2D eigenvalue weighted by Crippen LogP contribution is 2.39. The topological polar surface area (TPSA) is 35.2 Å². The lowest BCUT2D eigenvalue weighted by molar-refractivity contribution is -0.138. The Kier molecular flexibility index (Phi) is 4.75. The van der Waals surface area contributed by atoms with Crippen LogP contribution >= 0.6 is 11.6 Å². The van der Waals surface area contributed by atoms with Crippen LogP contribution in [0.25, 0.3) is 0 Å². The highest BCUT2D eigenvalue weighted by atomic mass is 35.5. The van der Waals surface area contributed by atoms with Gasteiger partial charge in [0.25, 0.3) is 0 Å². The SMILES string of the molecule is NCCc1ccc(Cl)cc1Oc1ccccc1C(F)(F)F. The molecule has 0 saturated carbocycles. The Bertz CT molecular complexity index is 629. The molecule has 2 aromatic carbocycles. The number of para-hydroxylation sites is 1. The van der Waals surface area contributed by atoms with Crippen LogP contribution in [0.1, 0.15) is 11.1 Å². The van der Waals surface area contributed by atoms with E-state index >= 15 is 0 Å². The van der Waals surface area contributed by atoms with Gasteiger partial charge in [0.15, 0.2) is 0 Å². The summed E-state index contributed by atoms with van der Waals surface area (Å²) in [6.07, 6.45) is -4.00. The largest absolute Gasteiger partial charge is 0.456 e. The fourth-order valence-electron chi connectivity index (χ4n) is 1.89. The standard InChI is InChI=1S/C15H13ClF3NO/c16-11-6-5-10(7-8-20)14(9-11)21-13-4-2-1-3-12(13)15(17,18)19/h1-6,9H,7-8,20H2. The first-order chi connectivity index (χ1) is 9.91. The molecule has 0 aliphatic rings. The minimum atomic E-state index is -4.48. The zero-order chi connectivity index (χ0) is 15.5. The fourth-order valence-corrected chi connectivity index (χ4v) is 2.06. The van der Waals surface area contributed by atoms with E-state index in [0.717, 1.165) is 6.07 Å². The lowest BCUT2D eigenvalue weighted by atomic mass is 10.1. The van der Waals surface area contributed by atoms with Gasteiger partial charge in [0, 0.05) is 5.02 Å². The lowest BCUT2D eigenvalue weighted by Crippen LogP contribution is -2.08. The molecule has 0 amide bonds. The Morgan fingerprint density at radius 2 is 1.76 bits per heavy atom. The number of halogens is 4. The summed E-state index contributed by atoms with van der Waals surface area (Å²) < 4.78 is 44.3. The van der Waals surface area contributed by atoms with E-state index in [1.165, 1.54) is 24.3 Å². The molecular formula is C15H13ClF3NO. The third-order valence-electron chi connectivity index (χ3n) is 2.86.